The first-order valence-corrected chi connectivity index (χ1v) is 5.09. The first-order chi connectivity index (χ1) is 6.24. The minimum Gasteiger partial charge on any atom is -0.461 e. The lowest BCUT2D eigenvalue weighted by Crippen LogP contribution is -2.25. The van der Waals surface area contributed by atoms with Gasteiger partial charge in [0.15, 0.2) is 0 Å². The minimum atomic E-state index is -0.120. The Hall–Kier alpha value is -0.500. The lowest BCUT2D eigenvalue weighted by atomic mass is 9.89. The van der Waals surface area contributed by atoms with Gasteiger partial charge in [0, 0.05) is 5.38 Å². The van der Waals surface area contributed by atoms with Gasteiger partial charge in [-0.2, -0.15) is 0 Å². The van der Waals surface area contributed by atoms with Crippen molar-refractivity contribution in [2.45, 2.75) is 31.1 Å². The van der Waals surface area contributed by atoms with Crippen molar-refractivity contribution in [1.29, 1.82) is 0 Å². The lowest BCUT2D eigenvalue weighted by molar-refractivity contribution is -0.148. The molecule has 1 saturated carbocycles. The van der Waals surface area contributed by atoms with Gasteiger partial charge >= 0.3 is 5.97 Å². The van der Waals surface area contributed by atoms with E-state index in [0.29, 0.717) is 6.61 Å². The van der Waals surface area contributed by atoms with Gasteiger partial charge in [0.05, 0.1) is 5.92 Å². The zero-order valence-corrected chi connectivity index (χ0v) is 8.43. The van der Waals surface area contributed by atoms with Gasteiger partial charge in [0.1, 0.15) is 6.61 Å². The van der Waals surface area contributed by atoms with Gasteiger partial charge in [0.2, 0.25) is 0 Å². The molecule has 1 aliphatic carbocycles. The van der Waals surface area contributed by atoms with Crippen molar-refractivity contribution in [2.75, 3.05) is 6.61 Å². The predicted molar refractivity (Wildman–Crippen MR) is 52.8 cm³/mol. The molecular weight excluding hydrogens is 188 g/mol. The molecule has 1 fully saturated rings. The van der Waals surface area contributed by atoms with E-state index in [1.165, 1.54) is 0 Å². The van der Waals surface area contributed by atoms with Crippen LogP contribution in [0.1, 0.15) is 25.7 Å². The lowest BCUT2D eigenvalue weighted by Gasteiger charge is -2.23. The highest BCUT2D eigenvalue weighted by Crippen LogP contribution is 2.28. The molecular formula is C10H15ClO2. The van der Waals surface area contributed by atoms with Crippen molar-refractivity contribution < 1.29 is 9.53 Å². The quantitative estimate of drug-likeness (QED) is 0.399. The van der Waals surface area contributed by atoms with Crippen LogP contribution in [0, 0.1) is 5.92 Å². The highest BCUT2D eigenvalue weighted by molar-refractivity contribution is 6.20. The number of esters is 1. The zero-order chi connectivity index (χ0) is 9.68. The standard InChI is InChI=1S/C10H15ClO2/c1-2-6-13-10(12)8-4-3-5-9(11)7-8/h2,8-9H,1,3-7H2. The average molecular weight is 203 g/mol. The van der Waals surface area contributed by atoms with Crippen molar-refractivity contribution in [3.8, 4) is 0 Å². The van der Waals surface area contributed by atoms with Gasteiger partial charge in [-0.15, -0.1) is 11.6 Å². The monoisotopic (exact) mass is 202 g/mol. The summed E-state index contributed by atoms with van der Waals surface area (Å²) in [7, 11) is 0. The van der Waals surface area contributed by atoms with E-state index >= 15 is 0 Å². The Balaban J connectivity index is 2.32. The number of hydrogen-bond donors (Lipinski definition) is 0. The molecule has 13 heavy (non-hydrogen) atoms. The fraction of sp³-hybridized carbons (Fsp3) is 0.700. The Morgan fingerprint density at radius 3 is 3.00 bits per heavy atom. The SMILES string of the molecule is C=CCOC(=O)C1CCCC(Cl)C1. The highest BCUT2D eigenvalue weighted by atomic mass is 35.5. The molecule has 2 atom stereocenters. The number of halogens is 1. The van der Waals surface area contributed by atoms with E-state index in [4.69, 9.17) is 16.3 Å². The van der Waals surface area contributed by atoms with E-state index in [1.54, 1.807) is 6.08 Å². The molecule has 1 aliphatic rings. The molecule has 0 aromatic heterocycles. The molecule has 0 aromatic rings. The largest absolute Gasteiger partial charge is 0.461 e. The van der Waals surface area contributed by atoms with Gasteiger partial charge in [-0.1, -0.05) is 19.1 Å². The summed E-state index contributed by atoms with van der Waals surface area (Å²) in [6.07, 6.45) is 5.31. The summed E-state index contributed by atoms with van der Waals surface area (Å²) in [5.74, 6) is -0.110. The Morgan fingerprint density at radius 2 is 2.38 bits per heavy atom. The van der Waals surface area contributed by atoms with Crippen LogP contribution in [0.5, 0.6) is 0 Å². The molecule has 0 spiro atoms. The van der Waals surface area contributed by atoms with Gasteiger partial charge in [-0.05, 0) is 19.3 Å². The molecule has 3 heteroatoms. The number of carbonyl (C=O) groups is 1. The van der Waals surface area contributed by atoms with Gasteiger partial charge < -0.3 is 4.74 Å². The molecule has 2 unspecified atom stereocenters. The van der Waals surface area contributed by atoms with Crippen molar-refractivity contribution >= 4 is 17.6 Å². The summed E-state index contributed by atoms with van der Waals surface area (Å²) in [6.45, 7) is 3.80. The van der Waals surface area contributed by atoms with E-state index in [9.17, 15) is 4.79 Å². The molecule has 0 saturated heterocycles. The predicted octanol–water partition coefficient (Wildman–Crippen LogP) is 2.51. The Kier molecular flexibility index (Phi) is 4.29. The van der Waals surface area contributed by atoms with Crippen LogP contribution < -0.4 is 0 Å². The van der Waals surface area contributed by atoms with Crippen molar-refractivity contribution in [1.82, 2.24) is 0 Å². The van der Waals surface area contributed by atoms with Crippen LogP contribution in [0.4, 0.5) is 0 Å². The number of carbonyl (C=O) groups excluding carboxylic acids is 1. The summed E-state index contributed by atoms with van der Waals surface area (Å²) < 4.78 is 4.96. The van der Waals surface area contributed by atoms with E-state index in [1.807, 2.05) is 0 Å². The number of rotatable bonds is 3. The van der Waals surface area contributed by atoms with E-state index in [0.717, 1.165) is 25.7 Å². The first-order valence-electron chi connectivity index (χ1n) is 4.65. The topological polar surface area (TPSA) is 26.3 Å². The van der Waals surface area contributed by atoms with Crippen LogP contribution in [0.25, 0.3) is 0 Å². The second kappa shape index (κ2) is 5.28. The van der Waals surface area contributed by atoms with Crippen molar-refractivity contribution in [3.05, 3.63) is 12.7 Å². The van der Waals surface area contributed by atoms with Gasteiger partial charge in [-0.25, -0.2) is 0 Å². The summed E-state index contributed by atoms with van der Waals surface area (Å²) in [4.78, 5) is 11.4. The third kappa shape index (κ3) is 3.39. The van der Waals surface area contributed by atoms with Gasteiger partial charge in [0.25, 0.3) is 0 Å². The number of hydrogen-bond acceptors (Lipinski definition) is 2. The zero-order valence-electron chi connectivity index (χ0n) is 7.67. The Labute approximate surface area is 83.9 Å². The molecule has 0 aromatic carbocycles. The summed E-state index contributed by atoms with van der Waals surface area (Å²) in [5, 5.41) is 0.148. The second-order valence-electron chi connectivity index (χ2n) is 3.38. The molecule has 0 radical (unpaired) electrons. The smallest absolute Gasteiger partial charge is 0.309 e. The fourth-order valence-corrected chi connectivity index (χ4v) is 1.97. The highest BCUT2D eigenvalue weighted by Gasteiger charge is 2.26. The Bertz CT molecular complexity index is 191. The third-order valence-corrected chi connectivity index (χ3v) is 2.68. The molecule has 74 valence electrons. The summed E-state index contributed by atoms with van der Waals surface area (Å²) in [5.41, 5.74) is 0. The summed E-state index contributed by atoms with van der Waals surface area (Å²) in [6, 6.07) is 0. The average Bonchev–Trinajstić information content (AvgIpc) is 2.14. The van der Waals surface area contributed by atoms with E-state index < -0.39 is 0 Å². The van der Waals surface area contributed by atoms with Crippen molar-refractivity contribution in [3.63, 3.8) is 0 Å². The fourth-order valence-electron chi connectivity index (χ4n) is 1.60. The Morgan fingerprint density at radius 1 is 1.62 bits per heavy atom. The van der Waals surface area contributed by atoms with Crippen LogP contribution in [-0.4, -0.2) is 18.0 Å². The molecule has 0 N–H and O–H groups in total. The number of alkyl halides is 1. The van der Waals surface area contributed by atoms with Crippen LogP contribution in [0.3, 0.4) is 0 Å². The molecule has 0 aliphatic heterocycles. The van der Waals surface area contributed by atoms with Gasteiger partial charge in [-0.3, -0.25) is 4.79 Å². The maximum Gasteiger partial charge on any atom is 0.309 e. The van der Waals surface area contributed by atoms with E-state index in [-0.39, 0.29) is 17.3 Å². The van der Waals surface area contributed by atoms with E-state index in [2.05, 4.69) is 6.58 Å². The maximum absolute atomic E-state index is 11.4. The maximum atomic E-state index is 11.4. The molecule has 2 nitrogen and oxygen atoms in total. The summed E-state index contributed by atoms with van der Waals surface area (Å²) >= 11 is 5.96. The minimum absolute atomic E-state index is 0.0104. The molecule has 0 amide bonds. The molecule has 0 heterocycles. The molecule has 0 bridgehead atoms. The van der Waals surface area contributed by atoms with Crippen LogP contribution in [0.2, 0.25) is 0 Å². The van der Waals surface area contributed by atoms with Crippen LogP contribution >= 0.6 is 11.6 Å². The second-order valence-corrected chi connectivity index (χ2v) is 4.00. The molecule has 1 rings (SSSR count). The normalized spacial score (nSPS) is 28.1. The third-order valence-electron chi connectivity index (χ3n) is 2.29. The van der Waals surface area contributed by atoms with Crippen LogP contribution in [0.15, 0.2) is 12.7 Å². The van der Waals surface area contributed by atoms with Crippen molar-refractivity contribution in [2.24, 2.45) is 5.92 Å². The first kappa shape index (κ1) is 10.6. The number of ether oxygens (including phenoxy) is 1. The van der Waals surface area contributed by atoms with Crippen LogP contribution in [-0.2, 0) is 9.53 Å².